The van der Waals surface area contributed by atoms with Crippen LogP contribution in [-0.4, -0.2) is 74.2 Å². The van der Waals surface area contributed by atoms with Crippen LogP contribution in [0.15, 0.2) is 59.7 Å². The van der Waals surface area contributed by atoms with Crippen LogP contribution in [0.3, 0.4) is 0 Å². The number of carbonyl (C=O) groups excluding carboxylic acids is 1. The Bertz CT molecular complexity index is 993. The van der Waals surface area contributed by atoms with Crippen LogP contribution in [0.4, 0.5) is 0 Å². The normalized spacial score (nSPS) is 16.4. The minimum absolute atomic E-state index is 0.103. The molecule has 168 valence electrons. The van der Waals surface area contributed by atoms with E-state index in [0.29, 0.717) is 24.7 Å². The lowest BCUT2D eigenvalue weighted by molar-refractivity contribution is 0.0930. The van der Waals surface area contributed by atoms with Crippen molar-refractivity contribution in [1.82, 2.24) is 34.9 Å². The number of hydrogen-bond donors (Lipinski definition) is 1. The van der Waals surface area contributed by atoms with Gasteiger partial charge in [0.25, 0.3) is 5.91 Å². The van der Waals surface area contributed by atoms with E-state index >= 15 is 0 Å². The van der Waals surface area contributed by atoms with E-state index in [2.05, 4.69) is 66.6 Å². The molecule has 1 amide bonds. The lowest BCUT2D eigenvalue weighted by Crippen LogP contribution is -2.45. The van der Waals surface area contributed by atoms with Crippen molar-refractivity contribution in [3.63, 3.8) is 0 Å². The van der Waals surface area contributed by atoms with Crippen molar-refractivity contribution < 1.29 is 9.21 Å². The maximum Gasteiger partial charge on any atom is 0.273 e. The summed E-state index contributed by atoms with van der Waals surface area (Å²) in [6, 6.07) is 10.2. The fourth-order valence-electron chi connectivity index (χ4n) is 3.66. The Kier molecular flexibility index (Phi) is 7.42. The van der Waals surface area contributed by atoms with Crippen LogP contribution in [0.5, 0.6) is 0 Å². The van der Waals surface area contributed by atoms with Crippen molar-refractivity contribution in [3.05, 3.63) is 72.5 Å². The lowest BCUT2D eigenvalue weighted by atomic mass is 10.2. The molecular formula is C23H29N7O2. The van der Waals surface area contributed by atoms with E-state index in [1.54, 1.807) is 11.0 Å². The largest absolute Gasteiger partial charge is 0.447 e. The zero-order chi connectivity index (χ0) is 22.2. The fraction of sp³-hybridized carbons (Fsp3) is 0.391. The van der Waals surface area contributed by atoms with Crippen LogP contribution in [0.25, 0.3) is 6.08 Å². The van der Waals surface area contributed by atoms with Gasteiger partial charge in [-0.3, -0.25) is 19.3 Å². The Labute approximate surface area is 187 Å². The highest BCUT2D eigenvalue weighted by Crippen LogP contribution is 2.10. The molecule has 1 N–H and O–H groups in total. The average Bonchev–Trinajstić information content (AvgIpc) is 3.48. The summed E-state index contributed by atoms with van der Waals surface area (Å²) in [6.45, 7) is 7.88. The molecule has 32 heavy (non-hydrogen) atoms. The monoisotopic (exact) mass is 435 g/mol. The van der Waals surface area contributed by atoms with Gasteiger partial charge < -0.3 is 9.73 Å². The number of aromatic nitrogens is 4. The van der Waals surface area contributed by atoms with Crippen molar-refractivity contribution in [3.8, 4) is 0 Å². The molecule has 3 heterocycles. The molecule has 1 fully saturated rings. The Morgan fingerprint density at radius 1 is 1.19 bits per heavy atom. The predicted molar refractivity (Wildman–Crippen MR) is 121 cm³/mol. The zero-order valence-corrected chi connectivity index (χ0v) is 18.3. The van der Waals surface area contributed by atoms with E-state index in [-0.39, 0.29) is 11.9 Å². The van der Waals surface area contributed by atoms with Gasteiger partial charge in [0.05, 0.1) is 13.1 Å². The molecule has 0 unspecified atom stereocenters. The summed E-state index contributed by atoms with van der Waals surface area (Å²) < 4.78 is 7.23. The maximum absolute atomic E-state index is 12.4. The van der Waals surface area contributed by atoms with Gasteiger partial charge in [-0.05, 0) is 12.5 Å². The van der Waals surface area contributed by atoms with Gasteiger partial charge in [0.15, 0.2) is 5.69 Å². The van der Waals surface area contributed by atoms with Gasteiger partial charge in [-0.15, -0.1) is 0 Å². The van der Waals surface area contributed by atoms with Gasteiger partial charge in [-0.25, -0.2) is 9.97 Å². The first-order valence-corrected chi connectivity index (χ1v) is 10.9. The number of hydrogen-bond acceptors (Lipinski definition) is 7. The average molecular weight is 436 g/mol. The van der Waals surface area contributed by atoms with E-state index in [4.69, 9.17) is 4.42 Å². The molecule has 3 aromatic rings. The first-order chi connectivity index (χ1) is 15.7. The van der Waals surface area contributed by atoms with Gasteiger partial charge in [0.2, 0.25) is 5.89 Å². The fourth-order valence-corrected chi connectivity index (χ4v) is 3.66. The molecule has 1 aliphatic rings. The Hall–Kier alpha value is -3.30. The van der Waals surface area contributed by atoms with Crippen molar-refractivity contribution >= 4 is 12.0 Å². The molecule has 1 aromatic carbocycles. The Morgan fingerprint density at radius 2 is 1.97 bits per heavy atom. The minimum atomic E-state index is -0.248. The SMILES string of the molecule is C[C@H](Cn1cncn1)NC(=O)c1coc(CN2CCN(C/C=C/c3ccccc3)CC2)n1. The molecule has 9 heteroatoms. The molecule has 4 rings (SSSR count). The van der Waals surface area contributed by atoms with E-state index in [1.165, 1.54) is 18.2 Å². The number of amides is 1. The smallest absolute Gasteiger partial charge is 0.273 e. The number of nitrogens with zero attached hydrogens (tertiary/aromatic N) is 6. The van der Waals surface area contributed by atoms with Crippen molar-refractivity contribution in [2.24, 2.45) is 0 Å². The molecule has 1 atom stereocenters. The second-order valence-corrected chi connectivity index (χ2v) is 8.01. The molecule has 1 saturated heterocycles. The maximum atomic E-state index is 12.4. The van der Waals surface area contributed by atoms with E-state index in [1.807, 2.05) is 13.0 Å². The summed E-state index contributed by atoms with van der Waals surface area (Å²) in [4.78, 5) is 25.4. The summed E-state index contributed by atoms with van der Waals surface area (Å²) in [5, 5.41) is 6.96. The van der Waals surface area contributed by atoms with Crippen molar-refractivity contribution in [2.75, 3.05) is 32.7 Å². The standard InChI is InChI=1S/C23H29N7O2/c1-19(14-30-18-24-17-25-30)26-23(31)21-16-32-22(27-21)15-29-12-10-28(11-13-29)9-5-8-20-6-3-2-4-7-20/h2-8,16-19H,9-15H2,1H3,(H,26,31)/b8-5+/t19-/m1/s1. The molecule has 9 nitrogen and oxygen atoms in total. The quantitative estimate of drug-likeness (QED) is 0.549. The molecule has 0 spiro atoms. The third-order valence-corrected chi connectivity index (χ3v) is 5.39. The summed E-state index contributed by atoms with van der Waals surface area (Å²) in [5.41, 5.74) is 1.53. The van der Waals surface area contributed by atoms with E-state index in [0.717, 1.165) is 32.7 Å². The lowest BCUT2D eigenvalue weighted by Gasteiger charge is -2.33. The first kappa shape index (κ1) is 21.9. The number of carbonyl (C=O) groups is 1. The minimum Gasteiger partial charge on any atom is -0.447 e. The topological polar surface area (TPSA) is 92.3 Å². The Morgan fingerprint density at radius 3 is 2.72 bits per heavy atom. The van der Waals surface area contributed by atoms with Crippen LogP contribution in [-0.2, 0) is 13.1 Å². The first-order valence-electron chi connectivity index (χ1n) is 10.9. The number of piperazine rings is 1. The highest BCUT2D eigenvalue weighted by Gasteiger charge is 2.20. The Balaban J connectivity index is 1.19. The molecule has 0 aliphatic carbocycles. The van der Waals surface area contributed by atoms with Crippen LogP contribution in [0, 0.1) is 0 Å². The van der Waals surface area contributed by atoms with Gasteiger partial charge in [0.1, 0.15) is 18.9 Å². The summed E-state index contributed by atoms with van der Waals surface area (Å²) >= 11 is 0. The number of benzene rings is 1. The van der Waals surface area contributed by atoms with Gasteiger partial charge in [-0.1, -0.05) is 42.5 Å². The van der Waals surface area contributed by atoms with Crippen LogP contribution in [0.2, 0.25) is 0 Å². The predicted octanol–water partition coefficient (Wildman–Crippen LogP) is 1.92. The number of rotatable bonds is 9. The highest BCUT2D eigenvalue weighted by atomic mass is 16.3. The van der Waals surface area contributed by atoms with Crippen molar-refractivity contribution in [2.45, 2.75) is 26.1 Å². The van der Waals surface area contributed by atoms with Crippen LogP contribution >= 0.6 is 0 Å². The molecule has 0 saturated carbocycles. The third-order valence-electron chi connectivity index (χ3n) is 5.39. The molecule has 0 bridgehead atoms. The van der Waals surface area contributed by atoms with Crippen LogP contribution < -0.4 is 5.32 Å². The molecule has 1 aliphatic heterocycles. The summed E-state index contributed by atoms with van der Waals surface area (Å²) in [6.07, 6.45) is 8.90. The van der Waals surface area contributed by atoms with E-state index in [9.17, 15) is 4.79 Å². The van der Waals surface area contributed by atoms with Crippen molar-refractivity contribution in [1.29, 1.82) is 0 Å². The van der Waals surface area contributed by atoms with E-state index < -0.39 is 0 Å². The summed E-state index contributed by atoms with van der Waals surface area (Å²) in [7, 11) is 0. The van der Waals surface area contributed by atoms with Gasteiger partial charge >= 0.3 is 0 Å². The number of oxazole rings is 1. The van der Waals surface area contributed by atoms with Gasteiger partial charge in [-0.2, -0.15) is 5.10 Å². The summed E-state index contributed by atoms with van der Waals surface area (Å²) in [5.74, 6) is 0.319. The highest BCUT2D eigenvalue weighted by molar-refractivity contribution is 5.92. The second kappa shape index (κ2) is 10.8. The zero-order valence-electron chi connectivity index (χ0n) is 18.3. The van der Waals surface area contributed by atoms with Gasteiger partial charge in [0, 0.05) is 38.8 Å². The van der Waals surface area contributed by atoms with Crippen LogP contribution in [0.1, 0.15) is 28.9 Å². The third kappa shape index (κ3) is 6.35. The number of nitrogens with one attached hydrogen (secondary N) is 1. The molecular weight excluding hydrogens is 406 g/mol. The molecule has 2 aromatic heterocycles. The second-order valence-electron chi connectivity index (χ2n) is 8.01. The molecule has 0 radical (unpaired) electrons.